The Morgan fingerprint density at radius 1 is 1.11 bits per heavy atom. The molecule has 0 fully saturated rings. The first kappa shape index (κ1) is 22.7. The first-order valence-electron chi connectivity index (χ1n) is 11.8. The number of likely N-dealkylation sites (N-methyl/N-ethyl adjacent to an activating group) is 1. The lowest BCUT2D eigenvalue weighted by Crippen LogP contribution is -2.29. The summed E-state index contributed by atoms with van der Waals surface area (Å²) in [6.07, 6.45) is 9.07. The maximum absolute atomic E-state index is 15.5. The van der Waals surface area contributed by atoms with Gasteiger partial charge in [-0.05, 0) is 36.1 Å². The molecule has 0 bridgehead atoms. The number of nitrogens with zero attached hydrogens (tertiary/aromatic N) is 7. The smallest absolute Gasteiger partial charge is 0.244 e. The number of nitrogen functional groups attached to an aromatic ring is 1. The lowest BCUT2D eigenvalue weighted by molar-refractivity contribution is -0.130. The average Bonchev–Trinajstić information content (AvgIpc) is 3.53. The fraction of sp³-hybridized carbons (Fsp3) is 0.192. The van der Waals surface area contributed by atoms with Crippen molar-refractivity contribution in [2.75, 3.05) is 24.6 Å². The summed E-state index contributed by atoms with van der Waals surface area (Å²) in [5.41, 5.74) is 9.75. The number of hydrogen-bond donors (Lipinski definition) is 2. The number of nitrogens with one attached hydrogen (secondary N) is 1. The number of anilines is 3. The van der Waals surface area contributed by atoms with E-state index in [0.29, 0.717) is 46.5 Å². The maximum atomic E-state index is 15.5. The molecule has 37 heavy (non-hydrogen) atoms. The minimum Gasteiger partial charge on any atom is -0.396 e. The van der Waals surface area contributed by atoms with E-state index in [4.69, 9.17) is 5.73 Å². The molecule has 0 radical (unpaired) electrons. The predicted octanol–water partition coefficient (Wildman–Crippen LogP) is 3.47. The van der Waals surface area contributed by atoms with Gasteiger partial charge in [-0.2, -0.15) is 10.2 Å². The van der Waals surface area contributed by atoms with Gasteiger partial charge in [0.15, 0.2) is 11.6 Å². The Bertz CT molecular complexity index is 1660. The van der Waals surface area contributed by atoms with E-state index >= 15 is 4.39 Å². The molecule has 0 aliphatic carbocycles. The van der Waals surface area contributed by atoms with Crippen LogP contribution in [-0.2, 0) is 17.8 Å². The van der Waals surface area contributed by atoms with Crippen molar-refractivity contribution in [1.29, 1.82) is 0 Å². The second-order valence-electron chi connectivity index (χ2n) is 9.09. The van der Waals surface area contributed by atoms with Gasteiger partial charge in [-0.3, -0.25) is 14.5 Å². The Balaban J connectivity index is 1.38. The van der Waals surface area contributed by atoms with Gasteiger partial charge in [0.05, 0.1) is 17.6 Å². The number of fused-ring (bicyclic) bond motifs is 2. The molecular formula is C26H24FN9O. The Kier molecular flexibility index (Phi) is 5.32. The highest BCUT2D eigenvalue weighted by Crippen LogP contribution is 2.36. The summed E-state index contributed by atoms with van der Waals surface area (Å²) < 4.78 is 18.9. The first-order valence-corrected chi connectivity index (χ1v) is 11.8. The normalized spacial score (nSPS) is 13.6. The molecule has 11 heteroatoms. The lowest BCUT2D eigenvalue weighted by Gasteiger charge is -2.14. The van der Waals surface area contributed by atoms with E-state index in [0.717, 1.165) is 16.9 Å². The molecule has 186 valence electrons. The van der Waals surface area contributed by atoms with Crippen LogP contribution in [0.25, 0.3) is 27.6 Å². The highest BCUT2D eigenvalue weighted by atomic mass is 19.1. The Labute approximate surface area is 211 Å². The molecule has 4 aromatic heterocycles. The van der Waals surface area contributed by atoms with Crippen LogP contribution in [0.1, 0.15) is 11.3 Å². The van der Waals surface area contributed by atoms with E-state index in [1.807, 2.05) is 25.3 Å². The monoisotopic (exact) mass is 497 g/mol. The molecule has 3 N–H and O–H groups in total. The number of rotatable bonds is 4. The number of carbonyl (C=O) groups excluding carboxylic acids is 1. The summed E-state index contributed by atoms with van der Waals surface area (Å²) in [6, 6.07) is 7.29. The zero-order chi connectivity index (χ0) is 25.7. The van der Waals surface area contributed by atoms with Crippen molar-refractivity contribution in [3.05, 3.63) is 72.3 Å². The third kappa shape index (κ3) is 3.94. The van der Waals surface area contributed by atoms with Crippen molar-refractivity contribution < 1.29 is 9.18 Å². The molecule has 1 aliphatic rings. The van der Waals surface area contributed by atoms with Crippen LogP contribution >= 0.6 is 0 Å². The fourth-order valence-corrected chi connectivity index (χ4v) is 4.63. The number of aromatic nitrogens is 6. The van der Waals surface area contributed by atoms with Crippen LogP contribution in [0.4, 0.5) is 21.7 Å². The molecule has 0 spiro atoms. The molecule has 0 atom stereocenters. The molecular weight excluding hydrogens is 473 g/mol. The summed E-state index contributed by atoms with van der Waals surface area (Å²) in [5.74, 6) is 0.608. The van der Waals surface area contributed by atoms with Crippen LogP contribution in [0.2, 0.25) is 0 Å². The van der Waals surface area contributed by atoms with Gasteiger partial charge < -0.3 is 16.0 Å². The average molecular weight is 498 g/mol. The summed E-state index contributed by atoms with van der Waals surface area (Å²) in [6.45, 7) is 2.74. The third-order valence-electron chi connectivity index (χ3n) is 6.76. The van der Waals surface area contributed by atoms with Gasteiger partial charge in [-0.1, -0.05) is 0 Å². The van der Waals surface area contributed by atoms with E-state index < -0.39 is 5.82 Å². The zero-order valence-corrected chi connectivity index (χ0v) is 20.3. The van der Waals surface area contributed by atoms with Crippen molar-refractivity contribution in [3.63, 3.8) is 0 Å². The molecule has 0 saturated heterocycles. The van der Waals surface area contributed by atoms with Crippen molar-refractivity contribution in [3.8, 4) is 16.8 Å². The summed E-state index contributed by atoms with van der Waals surface area (Å²) >= 11 is 0. The molecule has 0 unspecified atom stereocenters. The van der Waals surface area contributed by atoms with Gasteiger partial charge in [0.1, 0.15) is 12.4 Å². The molecule has 1 amide bonds. The van der Waals surface area contributed by atoms with Gasteiger partial charge in [-0.25, -0.2) is 14.1 Å². The minimum atomic E-state index is -0.523. The number of benzene rings is 1. The highest BCUT2D eigenvalue weighted by Gasteiger charge is 2.20. The van der Waals surface area contributed by atoms with Crippen LogP contribution in [0.15, 0.2) is 55.2 Å². The SMILES string of the molecule is Cc1c(-c2cc3cc(Nc4cc5n(n4)CC(=O)N(C)CC5)ncc3c(N)c2F)cncc1-n1cccn1. The molecule has 1 aromatic carbocycles. The topological polar surface area (TPSA) is 120 Å². The van der Waals surface area contributed by atoms with Crippen molar-refractivity contribution in [2.24, 2.45) is 0 Å². The predicted molar refractivity (Wildman–Crippen MR) is 138 cm³/mol. The lowest BCUT2D eigenvalue weighted by atomic mass is 9.97. The van der Waals surface area contributed by atoms with Gasteiger partial charge in [0.2, 0.25) is 5.91 Å². The Morgan fingerprint density at radius 2 is 1.97 bits per heavy atom. The largest absolute Gasteiger partial charge is 0.396 e. The van der Waals surface area contributed by atoms with E-state index in [2.05, 4.69) is 25.5 Å². The highest BCUT2D eigenvalue weighted by molar-refractivity contribution is 5.98. The molecule has 5 aromatic rings. The van der Waals surface area contributed by atoms with Crippen molar-refractivity contribution in [1.82, 2.24) is 34.4 Å². The number of amides is 1. The number of halogens is 1. The molecule has 10 nitrogen and oxygen atoms in total. The van der Waals surface area contributed by atoms with E-state index in [-0.39, 0.29) is 18.1 Å². The van der Waals surface area contributed by atoms with Crippen LogP contribution in [0, 0.1) is 12.7 Å². The minimum absolute atomic E-state index is 0.0173. The zero-order valence-electron chi connectivity index (χ0n) is 20.3. The van der Waals surface area contributed by atoms with Crippen LogP contribution < -0.4 is 11.1 Å². The quantitative estimate of drug-likeness (QED) is 0.365. The third-order valence-corrected chi connectivity index (χ3v) is 6.76. The standard InChI is InChI=1S/C26H24FN9O/c1-15-19(11-29-13-21(15)35-6-3-5-31-35)18-8-16-9-22(30-12-20(16)26(28)25(18)27)32-23-10-17-4-7-34(2)24(37)14-36(17)33-23/h3,5-6,8-13H,4,7,14,28H2,1-2H3,(H,30,32,33). The van der Waals surface area contributed by atoms with Gasteiger partial charge in [-0.15, -0.1) is 0 Å². The number of carbonyl (C=O) groups is 1. The van der Waals surface area contributed by atoms with E-state index in [9.17, 15) is 4.79 Å². The van der Waals surface area contributed by atoms with Gasteiger partial charge in [0, 0.05) is 73.1 Å². The molecule has 1 aliphatic heterocycles. The van der Waals surface area contributed by atoms with Crippen molar-refractivity contribution in [2.45, 2.75) is 19.9 Å². The van der Waals surface area contributed by atoms with Crippen LogP contribution in [0.3, 0.4) is 0 Å². The summed E-state index contributed by atoms with van der Waals surface area (Å²) in [5, 5.41) is 13.2. The summed E-state index contributed by atoms with van der Waals surface area (Å²) in [4.78, 5) is 22.6. The van der Waals surface area contributed by atoms with Gasteiger partial charge in [0.25, 0.3) is 0 Å². The Morgan fingerprint density at radius 3 is 2.78 bits per heavy atom. The molecule has 6 rings (SSSR count). The van der Waals surface area contributed by atoms with Crippen molar-refractivity contribution >= 4 is 34.0 Å². The maximum Gasteiger partial charge on any atom is 0.244 e. The molecule has 5 heterocycles. The second kappa shape index (κ2) is 8.70. The summed E-state index contributed by atoms with van der Waals surface area (Å²) in [7, 11) is 1.79. The fourth-order valence-electron chi connectivity index (χ4n) is 4.63. The van der Waals surface area contributed by atoms with Gasteiger partial charge >= 0.3 is 0 Å². The Hall–Kier alpha value is -4.80. The van der Waals surface area contributed by atoms with E-state index in [1.165, 1.54) is 0 Å². The molecule has 0 saturated carbocycles. The number of hydrogen-bond acceptors (Lipinski definition) is 7. The number of pyridine rings is 2. The van der Waals surface area contributed by atoms with Crippen LogP contribution in [0.5, 0.6) is 0 Å². The number of nitrogens with two attached hydrogens (primary N) is 1. The second-order valence-corrected chi connectivity index (χ2v) is 9.09. The van der Waals surface area contributed by atoms with E-state index in [1.54, 1.807) is 58.2 Å². The first-order chi connectivity index (χ1) is 17.9. The van der Waals surface area contributed by atoms with Crippen LogP contribution in [-0.4, -0.2) is 53.9 Å².